The van der Waals surface area contributed by atoms with E-state index in [4.69, 9.17) is 10.5 Å². The van der Waals surface area contributed by atoms with Crippen molar-refractivity contribution in [1.82, 2.24) is 9.78 Å². The first-order chi connectivity index (χ1) is 8.92. The summed E-state index contributed by atoms with van der Waals surface area (Å²) < 4.78 is 7.35. The minimum atomic E-state index is -0.502. The second-order valence-electron chi connectivity index (χ2n) is 5.80. The van der Waals surface area contributed by atoms with Gasteiger partial charge in [-0.1, -0.05) is 0 Å². The SMILES string of the molecule is CC(C)(N)CC(=O)Nc1cnn(CC2CCCO2)c1. The van der Waals surface area contributed by atoms with E-state index in [9.17, 15) is 4.79 Å². The minimum Gasteiger partial charge on any atom is -0.376 e. The van der Waals surface area contributed by atoms with Crippen molar-refractivity contribution in [1.29, 1.82) is 0 Å². The third-order valence-corrected chi connectivity index (χ3v) is 2.95. The smallest absolute Gasteiger partial charge is 0.226 e. The highest BCUT2D eigenvalue weighted by molar-refractivity contribution is 5.91. The summed E-state index contributed by atoms with van der Waals surface area (Å²) in [6, 6.07) is 0. The summed E-state index contributed by atoms with van der Waals surface area (Å²) in [6.07, 6.45) is 6.18. The Bertz CT molecular complexity index is 430. The van der Waals surface area contributed by atoms with E-state index in [1.54, 1.807) is 10.9 Å². The Morgan fingerprint density at radius 2 is 2.47 bits per heavy atom. The number of nitrogens with two attached hydrogens (primary N) is 1. The summed E-state index contributed by atoms with van der Waals surface area (Å²) >= 11 is 0. The standard InChI is InChI=1S/C13H22N4O2/c1-13(2,14)6-12(18)16-10-7-15-17(8-10)9-11-4-3-5-19-11/h7-8,11H,3-6,9,14H2,1-2H3,(H,16,18). The first kappa shape index (κ1) is 14.0. The maximum absolute atomic E-state index is 11.7. The molecular formula is C13H22N4O2. The molecule has 1 saturated heterocycles. The maximum atomic E-state index is 11.7. The van der Waals surface area contributed by atoms with E-state index < -0.39 is 5.54 Å². The number of carbonyl (C=O) groups is 1. The Balaban J connectivity index is 1.84. The molecule has 1 aliphatic heterocycles. The molecule has 0 saturated carbocycles. The topological polar surface area (TPSA) is 82.2 Å². The van der Waals surface area contributed by atoms with Gasteiger partial charge in [0.1, 0.15) is 0 Å². The van der Waals surface area contributed by atoms with E-state index in [1.807, 2.05) is 20.0 Å². The Morgan fingerprint density at radius 3 is 3.11 bits per heavy atom. The molecule has 3 N–H and O–H groups in total. The molecule has 1 aliphatic rings. The minimum absolute atomic E-state index is 0.0934. The lowest BCUT2D eigenvalue weighted by atomic mass is 10.0. The van der Waals surface area contributed by atoms with Crippen molar-refractivity contribution in [3.8, 4) is 0 Å². The first-order valence-electron chi connectivity index (χ1n) is 6.65. The van der Waals surface area contributed by atoms with Crippen LogP contribution in [-0.4, -0.2) is 33.9 Å². The lowest BCUT2D eigenvalue weighted by Gasteiger charge is -2.16. The van der Waals surface area contributed by atoms with Gasteiger partial charge in [-0.3, -0.25) is 9.48 Å². The van der Waals surface area contributed by atoms with Crippen LogP contribution < -0.4 is 11.1 Å². The molecule has 1 aromatic rings. The molecule has 1 atom stereocenters. The number of carbonyl (C=O) groups excluding carboxylic acids is 1. The van der Waals surface area contributed by atoms with Crippen LogP contribution in [0.25, 0.3) is 0 Å². The average Bonchev–Trinajstić information content (AvgIpc) is 2.88. The third-order valence-electron chi connectivity index (χ3n) is 2.95. The summed E-state index contributed by atoms with van der Waals surface area (Å²) in [5.41, 5.74) is 6.00. The lowest BCUT2D eigenvalue weighted by molar-refractivity contribution is -0.117. The van der Waals surface area contributed by atoms with Gasteiger partial charge in [-0.2, -0.15) is 5.10 Å². The van der Waals surface area contributed by atoms with E-state index in [-0.39, 0.29) is 18.4 Å². The van der Waals surface area contributed by atoms with Crippen LogP contribution in [0.15, 0.2) is 12.4 Å². The molecule has 106 valence electrons. The lowest BCUT2D eigenvalue weighted by Crippen LogP contribution is -2.36. The monoisotopic (exact) mass is 266 g/mol. The van der Waals surface area contributed by atoms with Gasteiger partial charge >= 0.3 is 0 Å². The number of aromatic nitrogens is 2. The molecule has 0 radical (unpaired) electrons. The van der Waals surface area contributed by atoms with Gasteiger partial charge in [0.15, 0.2) is 0 Å². The highest BCUT2D eigenvalue weighted by atomic mass is 16.5. The number of amides is 1. The molecule has 1 fully saturated rings. The van der Waals surface area contributed by atoms with Crippen molar-refractivity contribution in [2.75, 3.05) is 11.9 Å². The Labute approximate surface area is 113 Å². The van der Waals surface area contributed by atoms with E-state index in [0.29, 0.717) is 5.69 Å². The summed E-state index contributed by atoms with van der Waals surface area (Å²) in [7, 11) is 0. The summed E-state index contributed by atoms with van der Waals surface area (Å²) in [4.78, 5) is 11.7. The Kier molecular flexibility index (Phi) is 4.21. The van der Waals surface area contributed by atoms with Gasteiger partial charge in [0, 0.05) is 24.8 Å². The van der Waals surface area contributed by atoms with Crippen LogP contribution in [-0.2, 0) is 16.1 Å². The molecule has 1 aromatic heterocycles. The fourth-order valence-electron chi connectivity index (χ4n) is 2.14. The largest absolute Gasteiger partial charge is 0.376 e. The van der Waals surface area contributed by atoms with Crippen LogP contribution in [0.3, 0.4) is 0 Å². The summed E-state index contributed by atoms with van der Waals surface area (Å²) in [5, 5.41) is 7.02. The van der Waals surface area contributed by atoms with Crippen LogP contribution >= 0.6 is 0 Å². The number of ether oxygens (including phenoxy) is 1. The van der Waals surface area contributed by atoms with E-state index in [1.165, 1.54) is 0 Å². The molecule has 1 amide bonds. The van der Waals surface area contributed by atoms with Gasteiger partial charge in [0.25, 0.3) is 0 Å². The number of nitrogens with one attached hydrogen (secondary N) is 1. The zero-order valence-electron chi connectivity index (χ0n) is 11.6. The molecule has 0 aliphatic carbocycles. The molecule has 2 rings (SSSR count). The molecule has 1 unspecified atom stereocenters. The van der Waals surface area contributed by atoms with Gasteiger partial charge in [-0.15, -0.1) is 0 Å². The molecule has 0 aromatic carbocycles. The molecule has 19 heavy (non-hydrogen) atoms. The van der Waals surface area contributed by atoms with Crippen molar-refractivity contribution < 1.29 is 9.53 Å². The van der Waals surface area contributed by atoms with Gasteiger partial charge in [0.05, 0.1) is 24.5 Å². The zero-order chi connectivity index (χ0) is 13.9. The van der Waals surface area contributed by atoms with E-state index in [2.05, 4.69) is 10.4 Å². The first-order valence-corrected chi connectivity index (χ1v) is 6.65. The maximum Gasteiger partial charge on any atom is 0.226 e. The van der Waals surface area contributed by atoms with Gasteiger partial charge in [-0.05, 0) is 26.7 Å². The number of hydrogen-bond donors (Lipinski definition) is 2. The number of anilines is 1. The number of hydrogen-bond acceptors (Lipinski definition) is 4. The van der Waals surface area contributed by atoms with Crippen LogP contribution in [0.5, 0.6) is 0 Å². The van der Waals surface area contributed by atoms with Gasteiger partial charge in [0.2, 0.25) is 5.91 Å². The van der Waals surface area contributed by atoms with Gasteiger partial charge < -0.3 is 15.8 Å². The fourth-order valence-corrected chi connectivity index (χ4v) is 2.14. The third kappa shape index (κ3) is 4.65. The van der Waals surface area contributed by atoms with Crippen LogP contribution in [0, 0.1) is 0 Å². The predicted octanol–water partition coefficient (Wildman–Crippen LogP) is 1.13. The molecule has 2 heterocycles. The summed E-state index contributed by atoms with van der Waals surface area (Å²) in [6.45, 7) is 5.22. The Hall–Kier alpha value is -1.40. The fraction of sp³-hybridized carbons (Fsp3) is 0.692. The molecule has 0 spiro atoms. The second kappa shape index (κ2) is 5.71. The predicted molar refractivity (Wildman–Crippen MR) is 72.7 cm³/mol. The molecule has 0 bridgehead atoms. The number of nitrogens with zero attached hydrogens (tertiary/aromatic N) is 2. The van der Waals surface area contributed by atoms with Crippen LogP contribution in [0.1, 0.15) is 33.1 Å². The normalized spacial score (nSPS) is 19.6. The highest BCUT2D eigenvalue weighted by Crippen LogP contribution is 2.15. The van der Waals surface area contributed by atoms with Crippen LogP contribution in [0.2, 0.25) is 0 Å². The average molecular weight is 266 g/mol. The van der Waals surface area contributed by atoms with Crippen molar-refractivity contribution in [2.24, 2.45) is 5.73 Å². The number of rotatable bonds is 5. The van der Waals surface area contributed by atoms with E-state index in [0.717, 1.165) is 26.0 Å². The highest BCUT2D eigenvalue weighted by Gasteiger charge is 2.18. The van der Waals surface area contributed by atoms with Crippen LogP contribution in [0.4, 0.5) is 5.69 Å². The van der Waals surface area contributed by atoms with Crippen molar-refractivity contribution >= 4 is 11.6 Å². The zero-order valence-corrected chi connectivity index (χ0v) is 11.6. The molecule has 6 heteroatoms. The van der Waals surface area contributed by atoms with Crippen molar-refractivity contribution in [3.05, 3.63) is 12.4 Å². The molecule has 6 nitrogen and oxygen atoms in total. The Morgan fingerprint density at radius 1 is 1.68 bits per heavy atom. The molecular weight excluding hydrogens is 244 g/mol. The second-order valence-corrected chi connectivity index (χ2v) is 5.80. The van der Waals surface area contributed by atoms with Gasteiger partial charge in [-0.25, -0.2) is 0 Å². The van der Waals surface area contributed by atoms with Crippen molar-refractivity contribution in [2.45, 2.75) is 51.3 Å². The van der Waals surface area contributed by atoms with Crippen molar-refractivity contribution in [3.63, 3.8) is 0 Å². The quantitative estimate of drug-likeness (QED) is 0.837. The van der Waals surface area contributed by atoms with E-state index >= 15 is 0 Å². The summed E-state index contributed by atoms with van der Waals surface area (Å²) in [5.74, 6) is -0.0934.